The van der Waals surface area contributed by atoms with E-state index in [1.807, 2.05) is 0 Å². The SMILES string of the molecule is Cn1c2ccccc2c2c(-c3cccc(-c4ccc5c6ccccc6c6ccccc6c5c4)c3)cccc21. The molecule has 1 heteroatoms. The van der Waals surface area contributed by atoms with Crippen molar-refractivity contribution in [2.24, 2.45) is 7.05 Å². The van der Waals surface area contributed by atoms with Crippen LogP contribution in [0.5, 0.6) is 0 Å². The number of para-hydroxylation sites is 1. The third-order valence-corrected chi connectivity index (χ3v) is 8.19. The first-order chi connectivity index (χ1) is 18.8. The number of benzene rings is 7. The lowest BCUT2D eigenvalue weighted by molar-refractivity contribution is 1.01. The van der Waals surface area contributed by atoms with Crippen LogP contribution in [0.3, 0.4) is 0 Å². The largest absolute Gasteiger partial charge is 0.344 e. The van der Waals surface area contributed by atoms with Gasteiger partial charge in [0.25, 0.3) is 0 Å². The molecular weight excluding hydrogens is 458 g/mol. The van der Waals surface area contributed by atoms with Crippen LogP contribution in [-0.2, 0) is 7.05 Å². The molecule has 0 saturated carbocycles. The summed E-state index contributed by atoms with van der Waals surface area (Å²) in [4.78, 5) is 0. The summed E-state index contributed by atoms with van der Waals surface area (Å²) in [5.41, 5.74) is 7.52. The molecule has 1 heterocycles. The normalized spacial score (nSPS) is 11.8. The standard InChI is InChI=1S/C37H25N/c1-38-35-18-7-6-16-33(35)37-27(17-9-19-36(37)38)26-11-8-10-24(22-26)25-20-21-32-30-14-3-2-12-28(30)29-13-4-5-15-31(29)34(32)23-25/h2-23H,1H3. The highest BCUT2D eigenvalue weighted by molar-refractivity contribution is 6.25. The summed E-state index contributed by atoms with van der Waals surface area (Å²) in [6.45, 7) is 0. The Labute approximate surface area is 221 Å². The summed E-state index contributed by atoms with van der Waals surface area (Å²) < 4.78 is 2.30. The first kappa shape index (κ1) is 21.2. The van der Waals surface area contributed by atoms with Crippen molar-refractivity contribution in [1.29, 1.82) is 0 Å². The predicted molar refractivity (Wildman–Crippen MR) is 164 cm³/mol. The Morgan fingerprint density at radius 2 is 0.895 bits per heavy atom. The fraction of sp³-hybridized carbons (Fsp3) is 0.0270. The van der Waals surface area contributed by atoms with Crippen molar-refractivity contribution in [2.45, 2.75) is 0 Å². The predicted octanol–water partition coefficient (Wildman–Crippen LogP) is 10.1. The maximum absolute atomic E-state index is 2.38. The lowest BCUT2D eigenvalue weighted by Gasteiger charge is -2.13. The number of hydrogen-bond acceptors (Lipinski definition) is 0. The zero-order valence-electron chi connectivity index (χ0n) is 21.1. The van der Waals surface area contributed by atoms with E-state index < -0.39 is 0 Å². The quantitative estimate of drug-likeness (QED) is 0.216. The second-order valence-electron chi connectivity index (χ2n) is 10.2. The number of aryl methyl sites for hydroxylation is 1. The highest BCUT2D eigenvalue weighted by Gasteiger charge is 2.14. The van der Waals surface area contributed by atoms with Gasteiger partial charge in [-0.3, -0.25) is 0 Å². The molecule has 0 radical (unpaired) electrons. The Kier molecular flexibility index (Phi) is 4.50. The Bertz CT molecular complexity index is 2160. The lowest BCUT2D eigenvalue weighted by atomic mass is 9.91. The second kappa shape index (κ2) is 8.06. The molecule has 0 atom stereocenters. The molecule has 1 aromatic heterocycles. The van der Waals surface area contributed by atoms with E-state index >= 15 is 0 Å². The van der Waals surface area contributed by atoms with Gasteiger partial charge in [-0.2, -0.15) is 0 Å². The van der Waals surface area contributed by atoms with Crippen molar-refractivity contribution in [2.75, 3.05) is 0 Å². The van der Waals surface area contributed by atoms with Crippen LogP contribution < -0.4 is 0 Å². The fourth-order valence-corrected chi connectivity index (χ4v) is 6.40. The Morgan fingerprint density at radius 3 is 1.63 bits per heavy atom. The van der Waals surface area contributed by atoms with E-state index in [1.165, 1.54) is 76.4 Å². The van der Waals surface area contributed by atoms with Crippen LogP contribution in [-0.4, -0.2) is 4.57 Å². The number of nitrogens with zero attached hydrogens (tertiary/aromatic N) is 1. The molecule has 0 aliphatic carbocycles. The summed E-state index contributed by atoms with van der Waals surface area (Å²) in [5, 5.41) is 10.5. The molecule has 38 heavy (non-hydrogen) atoms. The van der Waals surface area contributed by atoms with Crippen molar-refractivity contribution >= 4 is 54.1 Å². The summed E-state index contributed by atoms with van der Waals surface area (Å²) in [5.74, 6) is 0. The average Bonchev–Trinajstić information content (AvgIpc) is 3.29. The minimum absolute atomic E-state index is 1.24. The molecule has 8 aromatic rings. The third-order valence-electron chi connectivity index (χ3n) is 8.19. The molecule has 0 unspecified atom stereocenters. The van der Waals surface area contributed by atoms with E-state index in [0.29, 0.717) is 0 Å². The first-order valence-corrected chi connectivity index (χ1v) is 13.2. The van der Waals surface area contributed by atoms with Crippen molar-refractivity contribution in [3.8, 4) is 22.3 Å². The summed E-state index contributed by atoms with van der Waals surface area (Å²) in [6.07, 6.45) is 0. The number of fused-ring (bicyclic) bond motifs is 9. The van der Waals surface area contributed by atoms with Crippen LogP contribution in [0, 0.1) is 0 Å². The van der Waals surface area contributed by atoms with E-state index in [2.05, 4.69) is 145 Å². The highest BCUT2D eigenvalue weighted by atomic mass is 14.9. The van der Waals surface area contributed by atoms with Gasteiger partial charge in [0.1, 0.15) is 0 Å². The van der Waals surface area contributed by atoms with Gasteiger partial charge in [-0.15, -0.1) is 0 Å². The summed E-state index contributed by atoms with van der Waals surface area (Å²) in [7, 11) is 2.16. The van der Waals surface area contributed by atoms with Crippen LogP contribution in [0.15, 0.2) is 133 Å². The van der Waals surface area contributed by atoms with Gasteiger partial charge in [0, 0.05) is 28.9 Å². The Hall–Kier alpha value is -4.88. The van der Waals surface area contributed by atoms with E-state index in [9.17, 15) is 0 Å². The van der Waals surface area contributed by atoms with Crippen molar-refractivity contribution in [3.63, 3.8) is 0 Å². The zero-order valence-corrected chi connectivity index (χ0v) is 21.1. The molecule has 0 fully saturated rings. The monoisotopic (exact) mass is 483 g/mol. The van der Waals surface area contributed by atoms with Crippen LogP contribution in [0.4, 0.5) is 0 Å². The molecule has 0 saturated heterocycles. The number of aromatic nitrogens is 1. The molecule has 0 amide bonds. The van der Waals surface area contributed by atoms with Gasteiger partial charge in [0.2, 0.25) is 0 Å². The minimum atomic E-state index is 1.24. The molecule has 0 aliphatic heterocycles. The van der Waals surface area contributed by atoms with Crippen LogP contribution in [0.1, 0.15) is 0 Å². The highest BCUT2D eigenvalue weighted by Crippen LogP contribution is 2.39. The molecule has 8 rings (SSSR count). The molecule has 7 aromatic carbocycles. The van der Waals surface area contributed by atoms with Crippen LogP contribution in [0.2, 0.25) is 0 Å². The van der Waals surface area contributed by atoms with Crippen LogP contribution >= 0.6 is 0 Å². The number of rotatable bonds is 2. The Balaban J connectivity index is 1.36. The van der Waals surface area contributed by atoms with Gasteiger partial charge >= 0.3 is 0 Å². The maximum atomic E-state index is 2.38. The van der Waals surface area contributed by atoms with Crippen LogP contribution in [0.25, 0.3) is 76.4 Å². The van der Waals surface area contributed by atoms with Crippen molar-refractivity contribution in [1.82, 2.24) is 4.57 Å². The second-order valence-corrected chi connectivity index (χ2v) is 10.2. The zero-order chi connectivity index (χ0) is 25.2. The summed E-state index contributed by atoms with van der Waals surface area (Å²) in [6, 6.07) is 48.9. The van der Waals surface area contributed by atoms with Gasteiger partial charge < -0.3 is 4.57 Å². The third kappa shape index (κ3) is 2.99. The smallest absolute Gasteiger partial charge is 0.0495 e. The van der Waals surface area contributed by atoms with Gasteiger partial charge in [-0.05, 0) is 78.8 Å². The van der Waals surface area contributed by atoms with E-state index in [4.69, 9.17) is 0 Å². The lowest BCUT2D eigenvalue weighted by Crippen LogP contribution is -1.87. The number of hydrogen-bond donors (Lipinski definition) is 0. The average molecular weight is 484 g/mol. The van der Waals surface area contributed by atoms with Gasteiger partial charge in [0.15, 0.2) is 0 Å². The maximum Gasteiger partial charge on any atom is 0.0495 e. The topological polar surface area (TPSA) is 4.93 Å². The minimum Gasteiger partial charge on any atom is -0.344 e. The van der Waals surface area contributed by atoms with E-state index in [1.54, 1.807) is 0 Å². The summed E-state index contributed by atoms with van der Waals surface area (Å²) >= 11 is 0. The van der Waals surface area contributed by atoms with E-state index in [0.717, 1.165) is 0 Å². The van der Waals surface area contributed by atoms with Gasteiger partial charge in [-0.25, -0.2) is 0 Å². The van der Waals surface area contributed by atoms with Gasteiger partial charge in [0.05, 0.1) is 0 Å². The molecule has 0 N–H and O–H groups in total. The molecule has 1 nitrogen and oxygen atoms in total. The molecule has 0 bridgehead atoms. The van der Waals surface area contributed by atoms with Gasteiger partial charge in [-0.1, -0.05) is 109 Å². The van der Waals surface area contributed by atoms with E-state index in [-0.39, 0.29) is 0 Å². The molecular formula is C37H25N. The van der Waals surface area contributed by atoms with Crippen molar-refractivity contribution in [3.05, 3.63) is 133 Å². The molecule has 0 aliphatic rings. The first-order valence-electron chi connectivity index (χ1n) is 13.2. The fourth-order valence-electron chi connectivity index (χ4n) is 6.40. The Morgan fingerprint density at radius 1 is 0.368 bits per heavy atom. The molecule has 0 spiro atoms. The van der Waals surface area contributed by atoms with Crippen molar-refractivity contribution < 1.29 is 0 Å². The molecule has 178 valence electrons.